The van der Waals surface area contributed by atoms with Crippen LogP contribution in [0, 0.1) is 5.92 Å². The van der Waals surface area contributed by atoms with Crippen molar-refractivity contribution in [2.24, 2.45) is 5.92 Å². The largest absolute Gasteiger partial charge is 0.238 e. The maximum Gasteiger partial charge on any atom is 0.149 e. The highest BCUT2D eigenvalue weighted by Crippen LogP contribution is 2.22. The molecular weight excluding hydrogens is 194 g/mol. The molecule has 0 N–H and O–H groups in total. The quantitative estimate of drug-likeness (QED) is 0.599. The molecule has 11 heavy (non-hydrogen) atoms. The van der Waals surface area contributed by atoms with E-state index in [1.165, 1.54) is 4.34 Å². The van der Waals surface area contributed by atoms with E-state index in [1.54, 1.807) is 11.3 Å². The summed E-state index contributed by atoms with van der Waals surface area (Å²) in [5, 5.41) is 2.01. The van der Waals surface area contributed by atoms with Crippen LogP contribution in [0.1, 0.15) is 6.92 Å². The fraction of sp³-hybridized carbons (Fsp3) is 0.571. The normalized spacial score (nSPS) is 13.3. The molecule has 0 aliphatic rings. The van der Waals surface area contributed by atoms with Crippen LogP contribution in [0.2, 0.25) is 0 Å². The zero-order valence-electron chi connectivity index (χ0n) is 6.36. The first-order valence-corrected chi connectivity index (χ1v) is 5.96. The molecule has 1 heterocycles. The lowest BCUT2D eigenvalue weighted by molar-refractivity contribution is 0.766. The van der Waals surface area contributed by atoms with Crippen LogP contribution in [0.15, 0.2) is 15.9 Å². The van der Waals surface area contributed by atoms with Crippen molar-refractivity contribution in [3.05, 3.63) is 11.6 Å². The third-order valence-electron chi connectivity index (χ3n) is 1.21. The second-order valence-electron chi connectivity index (χ2n) is 2.40. The fourth-order valence-electron chi connectivity index (χ4n) is 0.548. The van der Waals surface area contributed by atoms with Crippen LogP contribution in [0.5, 0.6) is 0 Å². The van der Waals surface area contributed by atoms with Gasteiger partial charge in [0.1, 0.15) is 4.34 Å². The minimum Gasteiger partial charge on any atom is -0.238 e. The summed E-state index contributed by atoms with van der Waals surface area (Å²) in [5.74, 6) is 2.75. The summed E-state index contributed by atoms with van der Waals surface area (Å²) < 4.78 is 1.17. The van der Waals surface area contributed by atoms with Gasteiger partial charge in [0, 0.05) is 17.3 Å². The molecule has 0 radical (unpaired) electrons. The van der Waals surface area contributed by atoms with E-state index in [4.69, 9.17) is 0 Å². The van der Waals surface area contributed by atoms with Gasteiger partial charge in [-0.1, -0.05) is 18.7 Å². The standard InChI is InChI=1S/C7H11NS3/c1-6(4-9)5-11-7-8-2-3-10-7/h2-3,6,9H,4-5H2,1H3. The molecule has 4 heteroatoms. The Hall–Kier alpha value is 0.330. The van der Waals surface area contributed by atoms with Crippen molar-refractivity contribution in [2.45, 2.75) is 11.3 Å². The average molecular weight is 205 g/mol. The Morgan fingerprint density at radius 3 is 3.18 bits per heavy atom. The lowest BCUT2D eigenvalue weighted by Crippen LogP contribution is -1.98. The molecule has 1 rings (SSSR count). The molecule has 0 fully saturated rings. The molecule has 0 spiro atoms. The van der Waals surface area contributed by atoms with Crippen molar-refractivity contribution in [1.82, 2.24) is 4.98 Å². The summed E-state index contributed by atoms with van der Waals surface area (Å²) >= 11 is 7.74. The van der Waals surface area contributed by atoms with Crippen molar-refractivity contribution in [3.8, 4) is 0 Å². The van der Waals surface area contributed by atoms with Crippen molar-refractivity contribution >= 4 is 35.7 Å². The minimum absolute atomic E-state index is 0.673. The topological polar surface area (TPSA) is 12.9 Å². The molecule has 0 aromatic carbocycles. The first kappa shape index (κ1) is 9.42. The molecule has 0 saturated heterocycles. The second kappa shape index (κ2) is 5.06. The Labute approximate surface area is 81.0 Å². The Morgan fingerprint density at radius 2 is 2.64 bits per heavy atom. The van der Waals surface area contributed by atoms with Crippen LogP contribution >= 0.6 is 35.7 Å². The molecule has 1 atom stereocenters. The third kappa shape index (κ3) is 3.49. The van der Waals surface area contributed by atoms with Gasteiger partial charge < -0.3 is 0 Å². The molecule has 1 aromatic rings. The molecule has 0 aliphatic carbocycles. The first-order valence-electron chi connectivity index (χ1n) is 3.46. The molecule has 0 saturated carbocycles. The number of nitrogens with zero attached hydrogens (tertiary/aromatic N) is 1. The lowest BCUT2D eigenvalue weighted by Gasteiger charge is -2.03. The zero-order valence-corrected chi connectivity index (χ0v) is 8.88. The van der Waals surface area contributed by atoms with Crippen LogP contribution in [-0.4, -0.2) is 16.5 Å². The number of thiol groups is 1. The third-order valence-corrected chi connectivity index (χ3v) is 4.13. The number of hydrogen-bond acceptors (Lipinski definition) is 4. The lowest BCUT2D eigenvalue weighted by atomic mass is 10.3. The smallest absolute Gasteiger partial charge is 0.149 e. The fourth-order valence-corrected chi connectivity index (χ4v) is 2.53. The first-order chi connectivity index (χ1) is 5.33. The van der Waals surface area contributed by atoms with Gasteiger partial charge in [0.2, 0.25) is 0 Å². The molecule has 1 unspecified atom stereocenters. The van der Waals surface area contributed by atoms with Crippen LogP contribution in [0.4, 0.5) is 0 Å². The van der Waals surface area contributed by atoms with Crippen LogP contribution in [0.3, 0.4) is 0 Å². The Kier molecular flexibility index (Phi) is 4.33. The summed E-state index contributed by atoms with van der Waals surface area (Å²) in [6, 6.07) is 0. The van der Waals surface area contributed by atoms with Gasteiger partial charge in [0.15, 0.2) is 0 Å². The van der Waals surface area contributed by atoms with Gasteiger partial charge in [0.25, 0.3) is 0 Å². The van der Waals surface area contributed by atoms with Crippen molar-refractivity contribution < 1.29 is 0 Å². The highest BCUT2D eigenvalue weighted by Gasteiger charge is 2.01. The van der Waals surface area contributed by atoms with Crippen LogP contribution < -0.4 is 0 Å². The van der Waals surface area contributed by atoms with Gasteiger partial charge in [-0.2, -0.15) is 12.6 Å². The molecule has 1 aromatic heterocycles. The van der Waals surface area contributed by atoms with E-state index < -0.39 is 0 Å². The number of aromatic nitrogens is 1. The zero-order chi connectivity index (χ0) is 8.10. The Morgan fingerprint density at radius 1 is 1.82 bits per heavy atom. The van der Waals surface area contributed by atoms with Crippen LogP contribution in [-0.2, 0) is 0 Å². The van der Waals surface area contributed by atoms with Crippen molar-refractivity contribution in [1.29, 1.82) is 0 Å². The highest BCUT2D eigenvalue weighted by molar-refractivity contribution is 8.01. The molecular formula is C7H11NS3. The van der Waals surface area contributed by atoms with Gasteiger partial charge in [-0.3, -0.25) is 0 Å². The van der Waals surface area contributed by atoms with E-state index in [0.29, 0.717) is 5.92 Å². The summed E-state index contributed by atoms with van der Waals surface area (Å²) in [6.45, 7) is 2.20. The summed E-state index contributed by atoms with van der Waals surface area (Å²) in [6.07, 6.45) is 1.85. The highest BCUT2D eigenvalue weighted by atomic mass is 32.2. The maximum absolute atomic E-state index is 4.22. The summed E-state index contributed by atoms with van der Waals surface area (Å²) in [4.78, 5) is 4.18. The predicted octanol–water partition coefficient (Wildman–Crippen LogP) is 2.80. The second-order valence-corrected chi connectivity index (χ2v) is 4.92. The van der Waals surface area contributed by atoms with E-state index in [0.717, 1.165) is 11.5 Å². The molecule has 0 aliphatic heterocycles. The number of thiazole rings is 1. The maximum atomic E-state index is 4.22. The minimum atomic E-state index is 0.673. The average Bonchev–Trinajstić information content (AvgIpc) is 2.52. The van der Waals surface area contributed by atoms with Gasteiger partial charge >= 0.3 is 0 Å². The van der Waals surface area contributed by atoms with Crippen molar-refractivity contribution in [2.75, 3.05) is 11.5 Å². The predicted molar refractivity (Wildman–Crippen MR) is 55.9 cm³/mol. The van der Waals surface area contributed by atoms with E-state index in [-0.39, 0.29) is 0 Å². The SMILES string of the molecule is CC(CS)CSc1nccs1. The van der Waals surface area contributed by atoms with Crippen LogP contribution in [0.25, 0.3) is 0 Å². The van der Waals surface area contributed by atoms with E-state index in [1.807, 2.05) is 23.3 Å². The van der Waals surface area contributed by atoms with Crippen molar-refractivity contribution in [3.63, 3.8) is 0 Å². The molecule has 1 nitrogen and oxygen atoms in total. The molecule has 62 valence electrons. The van der Waals surface area contributed by atoms with Gasteiger partial charge in [-0.25, -0.2) is 4.98 Å². The van der Waals surface area contributed by atoms with E-state index in [2.05, 4.69) is 24.5 Å². The summed E-state index contributed by atoms with van der Waals surface area (Å²) in [5.41, 5.74) is 0. The van der Waals surface area contributed by atoms with Gasteiger partial charge in [0.05, 0.1) is 0 Å². The Balaban J connectivity index is 2.23. The van der Waals surface area contributed by atoms with Gasteiger partial charge in [-0.05, 0) is 11.7 Å². The van der Waals surface area contributed by atoms with E-state index in [9.17, 15) is 0 Å². The Bertz CT molecular complexity index is 186. The molecule has 0 amide bonds. The van der Waals surface area contributed by atoms with Gasteiger partial charge in [-0.15, -0.1) is 11.3 Å². The monoisotopic (exact) mass is 205 g/mol. The number of rotatable bonds is 4. The molecule has 0 bridgehead atoms. The summed E-state index contributed by atoms with van der Waals surface area (Å²) in [7, 11) is 0. The number of hydrogen-bond donors (Lipinski definition) is 1. The number of thioether (sulfide) groups is 1. The van der Waals surface area contributed by atoms with E-state index >= 15 is 0 Å².